The zero-order valence-corrected chi connectivity index (χ0v) is 23.3. The number of sulfone groups is 1. The van der Waals surface area contributed by atoms with Gasteiger partial charge in [-0.2, -0.15) is 0 Å². The maximum Gasteiger partial charge on any atom is 0.508 e. The van der Waals surface area contributed by atoms with Gasteiger partial charge in [-0.3, -0.25) is 4.79 Å². The van der Waals surface area contributed by atoms with Crippen molar-refractivity contribution in [1.29, 1.82) is 0 Å². The molecule has 0 radical (unpaired) electrons. The van der Waals surface area contributed by atoms with E-state index in [1.54, 1.807) is 0 Å². The molecular weight excluding hydrogens is 532 g/mol. The minimum absolute atomic E-state index is 0.0609. The smallest absolute Gasteiger partial charge is 0.434 e. The Kier molecular flexibility index (Phi) is 16.0. The number of halogens is 3. The van der Waals surface area contributed by atoms with Crippen molar-refractivity contribution in [3.63, 3.8) is 0 Å². The molecule has 1 N–H and O–H groups in total. The van der Waals surface area contributed by atoms with E-state index in [9.17, 15) is 22.4 Å². The fourth-order valence-electron chi connectivity index (χ4n) is 3.54. The van der Waals surface area contributed by atoms with E-state index in [-0.39, 0.29) is 11.5 Å². The van der Waals surface area contributed by atoms with Crippen molar-refractivity contribution >= 4 is 45.1 Å². The van der Waals surface area contributed by atoms with Gasteiger partial charge in [0.05, 0.1) is 11.5 Å². The lowest BCUT2D eigenvalue weighted by Gasteiger charge is -2.21. The minimum atomic E-state index is -3.44. The van der Waals surface area contributed by atoms with Gasteiger partial charge in [0.25, 0.3) is 5.91 Å². The number of unbranched alkanes of at least 4 members (excludes halogenated alkanes) is 9. The lowest BCUT2D eigenvalue weighted by molar-refractivity contribution is -0.121. The fourth-order valence-corrected chi connectivity index (χ4v) is 4.30. The highest BCUT2D eigenvalue weighted by Gasteiger charge is 2.25. The first-order chi connectivity index (χ1) is 17.0. The summed E-state index contributed by atoms with van der Waals surface area (Å²) >= 11 is 10.9. The molecule has 0 spiro atoms. The first kappa shape index (κ1) is 32.4. The highest BCUT2D eigenvalue weighted by molar-refractivity contribution is 7.90. The van der Waals surface area contributed by atoms with E-state index in [1.165, 1.54) is 62.8 Å². The number of alkyl halides is 3. The Labute approximate surface area is 224 Å². The first-order valence-corrected chi connectivity index (χ1v) is 15.2. The lowest BCUT2D eigenvalue weighted by Crippen LogP contribution is -2.36. The number of rotatable bonds is 18. The lowest BCUT2D eigenvalue weighted by atomic mass is 10.1. The van der Waals surface area contributed by atoms with Crippen LogP contribution in [0.15, 0.2) is 29.2 Å². The molecule has 1 amide bonds. The van der Waals surface area contributed by atoms with E-state index >= 15 is 0 Å². The van der Waals surface area contributed by atoms with Gasteiger partial charge < -0.3 is 14.8 Å². The molecule has 11 heteroatoms. The number of benzene rings is 1. The van der Waals surface area contributed by atoms with Crippen molar-refractivity contribution in [2.45, 2.75) is 99.7 Å². The molecule has 0 aromatic heterocycles. The zero-order chi connectivity index (χ0) is 27.0. The largest absolute Gasteiger partial charge is 0.508 e. The molecule has 0 saturated heterocycles. The van der Waals surface area contributed by atoms with Gasteiger partial charge in [-0.05, 0) is 24.1 Å². The van der Waals surface area contributed by atoms with Crippen LogP contribution >= 0.6 is 23.2 Å². The van der Waals surface area contributed by atoms with Gasteiger partial charge in [-0.15, -0.1) is 0 Å². The third kappa shape index (κ3) is 14.2. The molecule has 0 aliphatic heterocycles. The molecule has 0 aliphatic rings. The second kappa shape index (κ2) is 17.8. The van der Waals surface area contributed by atoms with Gasteiger partial charge in [0.2, 0.25) is 0 Å². The van der Waals surface area contributed by atoms with Gasteiger partial charge in [0, 0.05) is 12.7 Å². The van der Waals surface area contributed by atoms with Crippen LogP contribution in [-0.4, -0.2) is 44.5 Å². The van der Waals surface area contributed by atoms with Crippen molar-refractivity contribution in [3.05, 3.63) is 29.8 Å². The summed E-state index contributed by atoms with van der Waals surface area (Å²) in [6, 6.07) is 5.49. The van der Waals surface area contributed by atoms with Crippen LogP contribution in [0.1, 0.15) is 89.2 Å². The van der Waals surface area contributed by atoms with Gasteiger partial charge in [0.1, 0.15) is 6.10 Å². The first-order valence-electron chi connectivity index (χ1n) is 12.4. The van der Waals surface area contributed by atoms with Crippen molar-refractivity contribution in [3.8, 4) is 0 Å². The second-order valence-corrected chi connectivity index (χ2v) is 11.9. The van der Waals surface area contributed by atoms with Crippen LogP contribution in [-0.2, 0) is 24.1 Å². The van der Waals surface area contributed by atoms with Crippen LogP contribution in [0.4, 0.5) is 9.18 Å². The Bertz CT molecular complexity index is 883. The Balaban J connectivity index is 2.55. The molecule has 7 nitrogen and oxygen atoms in total. The molecule has 1 rings (SSSR count). The standard InChI is InChI=1S/C25H38Cl2FNO6S/c1-3-4-5-6-7-8-9-10-11-12-17-34-25(31)35-21(18-22(28)29-24(30)23(26)27)19-13-15-20(16-14-19)36(2,32)33/h13-16,21-23H,3-12,17-18H2,1-2H3,(H,29,30). The molecule has 0 fully saturated rings. The summed E-state index contributed by atoms with van der Waals surface area (Å²) in [6.07, 6.45) is 7.97. The summed E-state index contributed by atoms with van der Waals surface area (Å²) in [6.45, 7) is 2.37. The molecule has 2 atom stereocenters. The van der Waals surface area contributed by atoms with Gasteiger partial charge >= 0.3 is 6.16 Å². The number of nitrogens with one attached hydrogen (secondary N) is 1. The Hall–Kier alpha value is -1.58. The number of hydrogen-bond acceptors (Lipinski definition) is 6. The zero-order valence-electron chi connectivity index (χ0n) is 21.0. The Morgan fingerprint density at radius 3 is 1.97 bits per heavy atom. The molecule has 0 bridgehead atoms. The maximum atomic E-state index is 14.4. The summed E-state index contributed by atoms with van der Waals surface area (Å²) in [7, 11) is -3.44. The molecule has 0 aliphatic carbocycles. The molecule has 1 aromatic carbocycles. The SMILES string of the molecule is CCCCCCCCCCCCOC(=O)OC(CC(F)NC(=O)C(Cl)Cl)c1ccc(S(C)(=O)=O)cc1. The highest BCUT2D eigenvalue weighted by atomic mass is 35.5. The van der Waals surface area contributed by atoms with Crippen LogP contribution in [0.3, 0.4) is 0 Å². The van der Waals surface area contributed by atoms with Gasteiger partial charge in [-0.25, -0.2) is 17.6 Å². The van der Waals surface area contributed by atoms with Crippen LogP contribution in [0.2, 0.25) is 0 Å². The maximum absolute atomic E-state index is 14.4. The van der Waals surface area contributed by atoms with E-state index in [4.69, 9.17) is 32.7 Å². The minimum Gasteiger partial charge on any atom is -0.434 e. The summed E-state index contributed by atoms with van der Waals surface area (Å²) < 4.78 is 48.3. The molecule has 0 heterocycles. The number of ether oxygens (including phenoxy) is 2. The molecule has 1 aromatic rings. The van der Waals surface area contributed by atoms with Gasteiger partial charge in [0.15, 0.2) is 21.0 Å². The van der Waals surface area contributed by atoms with Crippen LogP contribution < -0.4 is 5.32 Å². The Morgan fingerprint density at radius 2 is 1.47 bits per heavy atom. The highest BCUT2D eigenvalue weighted by Crippen LogP contribution is 2.26. The number of carbonyl (C=O) groups is 2. The summed E-state index contributed by atoms with van der Waals surface area (Å²) in [5.41, 5.74) is 0.337. The van der Waals surface area contributed by atoms with E-state index in [1.807, 2.05) is 5.32 Å². The van der Waals surface area contributed by atoms with E-state index in [0.29, 0.717) is 12.0 Å². The van der Waals surface area contributed by atoms with Crippen molar-refractivity contribution < 1.29 is 31.9 Å². The third-order valence-corrected chi connectivity index (χ3v) is 7.08. The summed E-state index contributed by atoms with van der Waals surface area (Å²) in [5.74, 6) is -0.930. The molecular formula is C25H38Cl2FNO6S. The van der Waals surface area contributed by atoms with Crippen molar-refractivity contribution in [2.75, 3.05) is 12.9 Å². The summed E-state index contributed by atoms with van der Waals surface area (Å²) in [5, 5.41) is 1.98. The summed E-state index contributed by atoms with van der Waals surface area (Å²) in [4.78, 5) is 22.4. The molecule has 206 valence electrons. The Morgan fingerprint density at radius 1 is 0.944 bits per heavy atom. The fraction of sp³-hybridized carbons (Fsp3) is 0.680. The quantitative estimate of drug-likeness (QED) is 0.0901. The average Bonchev–Trinajstić information content (AvgIpc) is 2.81. The molecule has 36 heavy (non-hydrogen) atoms. The molecule has 0 saturated carbocycles. The second-order valence-electron chi connectivity index (χ2n) is 8.74. The molecule has 2 unspecified atom stereocenters. The van der Waals surface area contributed by atoms with E-state index in [2.05, 4.69) is 6.92 Å². The third-order valence-electron chi connectivity index (χ3n) is 5.55. The number of amides is 1. The predicted molar refractivity (Wildman–Crippen MR) is 140 cm³/mol. The number of carbonyl (C=O) groups excluding carboxylic acids is 2. The number of hydrogen-bond donors (Lipinski definition) is 1. The van der Waals surface area contributed by atoms with Crippen LogP contribution in [0.25, 0.3) is 0 Å². The van der Waals surface area contributed by atoms with E-state index in [0.717, 1.165) is 25.5 Å². The topological polar surface area (TPSA) is 98.8 Å². The average molecular weight is 571 g/mol. The van der Waals surface area contributed by atoms with Gasteiger partial charge in [-0.1, -0.05) is 100 Å². The normalized spacial score (nSPS) is 13.3. The van der Waals surface area contributed by atoms with Crippen molar-refractivity contribution in [1.82, 2.24) is 5.32 Å². The van der Waals surface area contributed by atoms with Crippen molar-refractivity contribution in [2.24, 2.45) is 0 Å². The monoisotopic (exact) mass is 569 g/mol. The van der Waals surface area contributed by atoms with Crippen LogP contribution in [0.5, 0.6) is 0 Å². The predicted octanol–water partition coefficient (Wildman–Crippen LogP) is 6.81. The van der Waals surface area contributed by atoms with Crippen LogP contribution in [0, 0.1) is 0 Å². The van der Waals surface area contributed by atoms with E-state index < -0.39 is 45.6 Å².